The Kier molecular flexibility index (Phi) is 4.25. The van der Waals surface area contributed by atoms with Crippen LogP contribution in [0.25, 0.3) is 0 Å². The molecule has 7 nitrogen and oxygen atoms in total. The first-order valence-electron chi connectivity index (χ1n) is 5.12. The number of methoxy groups -OCH3 is 1. The largest absolute Gasteiger partial charge is 0.497 e. The molecule has 0 unspecified atom stereocenters. The molecule has 0 aliphatic heterocycles. The Bertz CT molecular complexity index is 553. The van der Waals surface area contributed by atoms with Crippen LogP contribution in [-0.2, 0) is 10.0 Å². The fourth-order valence-corrected chi connectivity index (χ4v) is 2.77. The lowest BCUT2D eigenvalue weighted by Gasteiger charge is -2.10. The van der Waals surface area contributed by atoms with Gasteiger partial charge in [-0.2, -0.15) is 0 Å². The van der Waals surface area contributed by atoms with Gasteiger partial charge in [-0.15, -0.1) is 0 Å². The zero-order valence-electron chi connectivity index (χ0n) is 10.2. The Balaban J connectivity index is 3.36. The molecule has 1 aromatic rings. The van der Waals surface area contributed by atoms with E-state index < -0.39 is 20.6 Å². The van der Waals surface area contributed by atoms with Gasteiger partial charge in [-0.1, -0.05) is 0 Å². The maximum atomic E-state index is 11.9. The standard InChI is InChI=1S/C10H14N2O5S/c1-7(2)11-18(15,16)10-5-4-8(17-3)6-9(10)12(13)14/h4-7,11H,1-3H3. The first-order chi connectivity index (χ1) is 8.27. The highest BCUT2D eigenvalue weighted by Gasteiger charge is 2.26. The van der Waals surface area contributed by atoms with Gasteiger partial charge in [0.25, 0.3) is 5.69 Å². The van der Waals surface area contributed by atoms with Gasteiger partial charge in [0.1, 0.15) is 5.75 Å². The van der Waals surface area contributed by atoms with Gasteiger partial charge in [0.15, 0.2) is 4.90 Å². The lowest BCUT2D eigenvalue weighted by Crippen LogP contribution is -2.30. The first kappa shape index (κ1) is 14.4. The second-order valence-electron chi connectivity index (χ2n) is 3.87. The lowest BCUT2D eigenvalue weighted by atomic mass is 10.3. The summed E-state index contributed by atoms with van der Waals surface area (Å²) in [7, 11) is -2.56. The summed E-state index contributed by atoms with van der Waals surface area (Å²) in [5.41, 5.74) is -0.512. The van der Waals surface area contributed by atoms with Crippen molar-refractivity contribution in [3.05, 3.63) is 28.3 Å². The van der Waals surface area contributed by atoms with E-state index in [9.17, 15) is 18.5 Å². The summed E-state index contributed by atoms with van der Waals surface area (Å²) in [6, 6.07) is 3.25. The molecule has 0 saturated carbocycles. The number of rotatable bonds is 5. The molecule has 8 heteroatoms. The number of sulfonamides is 1. The number of nitrogens with one attached hydrogen (secondary N) is 1. The van der Waals surface area contributed by atoms with Gasteiger partial charge in [0.05, 0.1) is 18.1 Å². The van der Waals surface area contributed by atoms with E-state index in [0.29, 0.717) is 0 Å². The third-order valence-electron chi connectivity index (χ3n) is 2.04. The summed E-state index contributed by atoms with van der Waals surface area (Å²) < 4.78 is 31.0. The second kappa shape index (κ2) is 5.32. The van der Waals surface area contributed by atoms with Crippen LogP contribution in [0.2, 0.25) is 0 Å². The van der Waals surface area contributed by atoms with Crippen LogP contribution in [-0.4, -0.2) is 26.5 Å². The fourth-order valence-electron chi connectivity index (χ4n) is 1.37. The zero-order valence-corrected chi connectivity index (χ0v) is 11.0. The minimum Gasteiger partial charge on any atom is -0.497 e. The van der Waals surface area contributed by atoms with Crippen molar-refractivity contribution >= 4 is 15.7 Å². The molecule has 0 saturated heterocycles. The van der Waals surface area contributed by atoms with Crippen LogP contribution < -0.4 is 9.46 Å². The Labute approximate surface area is 105 Å². The van der Waals surface area contributed by atoms with Crippen molar-refractivity contribution in [1.29, 1.82) is 0 Å². The van der Waals surface area contributed by atoms with Crippen molar-refractivity contribution in [3.8, 4) is 5.75 Å². The molecule has 100 valence electrons. The van der Waals surface area contributed by atoms with Gasteiger partial charge < -0.3 is 4.74 Å². The van der Waals surface area contributed by atoms with Crippen LogP contribution in [0.4, 0.5) is 5.69 Å². The summed E-state index contributed by atoms with van der Waals surface area (Å²) in [6.45, 7) is 3.26. The molecule has 0 aliphatic carbocycles. The molecule has 0 aromatic heterocycles. The van der Waals surface area contributed by atoms with Crippen molar-refractivity contribution < 1.29 is 18.1 Å². The third-order valence-corrected chi connectivity index (χ3v) is 3.75. The number of benzene rings is 1. The molecule has 0 spiro atoms. The number of nitro benzene ring substituents is 1. The average Bonchev–Trinajstić information content (AvgIpc) is 2.26. The Morgan fingerprint density at radius 1 is 1.39 bits per heavy atom. The number of ether oxygens (including phenoxy) is 1. The fraction of sp³-hybridized carbons (Fsp3) is 0.400. The van der Waals surface area contributed by atoms with Gasteiger partial charge >= 0.3 is 0 Å². The molecular formula is C10H14N2O5S. The van der Waals surface area contributed by atoms with E-state index in [2.05, 4.69) is 4.72 Å². The molecule has 0 atom stereocenters. The zero-order chi connectivity index (χ0) is 13.9. The number of nitrogens with zero attached hydrogens (tertiary/aromatic N) is 1. The smallest absolute Gasteiger partial charge is 0.293 e. The van der Waals surface area contributed by atoms with E-state index >= 15 is 0 Å². The first-order valence-corrected chi connectivity index (χ1v) is 6.61. The van der Waals surface area contributed by atoms with Crippen LogP contribution in [0.1, 0.15) is 13.8 Å². The highest BCUT2D eigenvalue weighted by atomic mass is 32.2. The summed E-state index contributed by atoms with van der Waals surface area (Å²) in [6.07, 6.45) is 0. The highest BCUT2D eigenvalue weighted by Crippen LogP contribution is 2.28. The molecule has 1 N–H and O–H groups in total. The van der Waals surface area contributed by atoms with Crippen molar-refractivity contribution in [1.82, 2.24) is 4.72 Å². The second-order valence-corrected chi connectivity index (χ2v) is 5.55. The average molecular weight is 274 g/mol. The maximum absolute atomic E-state index is 11.9. The lowest BCUT2D eigenvalue weighted by molar-refractivity contribution is -0.387. The van der Waals surface area contributed by atoms with Crippen molar-refractivity contribution in [2.75, 3.05) is 7.11 Å². The van der Waals surface area contributed by atoms with E-state index in [1.807, 2.05) is 0 Å². The molecule has 0 radical (unpaired) electrons. The molecular weight excluding hydrogens is 260 g/mol. The normalized spacial score (nSPS) is 11.6. The third kappa shape index (κ3) is 3.17. The summed E-state index contributed by atoms with van der Waals surface area (Å²) >= 11 is 0. The van der Waals surface area contributed by atoms with Gasteiger partial charge in [-0.25, -0.2) is 13.1 Å². The topological polar surface area (TPSA) is 98.5 Å². The van der Waals surface area contributed by atoms with Gasteiger partial charge in [0, 0.05) is 6.04 Å². The van der Waals surface area contributed by atoms with Gasteiger partial charge in [-0.3, -0.25) is 10.1 Å². The van der Waals surface area contributed by atoms with Crippen molar-refractivity contribution in [2.24, 2.45) is 0 Å². The van der Waals surface area contributed by atoms with Crippen molar-refractivity contribution in [3.63, 3.8) is 0 Å². The predicted molar refractivity (Wildman–Crippen MR) is 65.1 cm³/mol. The predicted octanol–water partition coefficient (Wildman–Crippen LogP) is 1.29. The Morgan fingerprint density at radius 2 is 2.00 bits per heavy atom. The molecule has 0 aliphatic rings. The molecule has 1 aromatic carbocycles. The van der Waals surface area contributed by atoms with Crippen LogP contribution in [0.3, 0.4) is 0 Å². The summed E-state index contributed by atoms with van der Waals surface area (Å²) in [5.74, 6) is 0.227. The van der Waals surface area contributed by atoms with Crippen LogP contribution in [0, 0.1) is 10.1 Å². The SMILES string of the molecule is COc1ccc(S(=O)(=O)NC(C)C)c([N+](=O)[O-])c1. The number of hydrogen-bond donors (Lipinski definition) is 1. The van der Waals surface area contributed by atoms with Crippen molar-refractivity contribution in [2.45, 2.75) is 24.8 Å². The van der Waals surface area contributed by atoms with Crippen LogP contribution in [0.5, 0.6) is 5.75 Å². The van der Waals surface area contributed by atoms with Gasteiger partial charge in [-0.05, 0) is 26.0 Å². The minimum absolute atomic E-state index is 0.227. The molecule has 18 heavy (non-hydrogen) atoms. The highest BCUT2D eigenvalue weighted by molar-refractivity contribution is 7.89. The number of nitro groups is 1. The van der Waals surface area contributed by atoms with Crippen LogP contribution in [0.15, 0.2) is 23.1 Å². The van der Waals surface area contributed by atoms with Gasteiger partial charge in [0.2, 0.25) is 10.0 Å². The Morgan fingerprint density at radius 3 is 2.44 bits per heavy atom. The quantitative estimate of drug-likeness (QED) is 0.644. The minimum atomic E-state index is -3.91. The number of hydrogen-bond acceptors (Lipinski definition) is 5. The molecule has 0 amide bonds. The maximum Gasteiger partial charge on any atom is 0.293 e. The van der Waals surface area contributed by atoms with E-state index in [0.717, 1.165) is 12.1 Å². The monoisotopic (exact) mass is 274 g/mol. The van der Waals surface area contributed by atoms with E-state index in [1.54, 1.807) is 13.8 Å². The molecule has 0 heterocycles. The van der Waals surface area contributed by atoms with E-state index in [1.165, 1.54) is 13.2 Å². The summed E-state index contributed by atoms with van der Waals surface area (Å²) in [4.78, 5) is 9.75. The van der Waals surface area contributed by atoms with E-state index in [-0.39, 0.29) is 16.7 Å². The molecule has 1 rings (SSSR count). The summed E-state index contributed by atoms with van der Waals surface area (Å²) in [5, 5.41) is 10.9. The van der Waals surface area contributed by atoms with Crippen LogP contribution >= 0.6 is 0 Å². The Hall–Kier alpha value is -1.67. The van der Waals surface area contributed by atoms with E-state index in [4.69, 9.17) is 4.74 Å². The molecule has 0 fully saturated rings. The molecule has 0 bridgehead atoms.